The number of piperidine rings is 1. The summed E-state index contributed by atoms with van der Waals surface area (Å²) >= 11 is 0. The highest BCUT2D eigenvalue weighted by atomic mass is 16.2. The highest BCUT2D eigenvalue weighted by Gasteiger charge is 2.27. The van der Waals surface area contributed by atoms with Gasteiger partial charge >= 0.3 is 0 Å². The number of nitrogens with zero attached hydrogens (tertiary/aromatic N) is 4. The predicted molar refractivity (Wildman–Crippen MR) is 97.4 cm³/mol. The van der Waals surface area contributed by atoms with Crippen LogP contribution < -0.4 is 5.56 Å². The van der Waals surface area contributed by atoms with Gasteiger partial charge in [-0.15, -0.1) is 0 Å². The summed E-state index contributed by atoms with van der Waals surface area (Å²) in [7, 11) is 0. The van der Waals surface area contributed by atoms with E-state index >= 15 is 0 Å². The molecule has 0 aliphatic carbocycles. The van der Waals surface area contributed by atoms with E-state index in [1.54, 1.807) is 25.3 Å². The van der Waals surface area contributed by atoms with Gasteiger partial charge in [0.1, 0.15) is 5.69 Å². The standard InChI is InChI=1S/C19H21N5O2/c1-12-13(2)21-17-10-16(22-24(17)18(12)25)14-6-5-9-23(11-14)19(26)15-7-3-4-8-20-15/h3-4,7-8,10,14,22H,5-6,9,11H2,1-2H3/t14-/m0/s1. The predicted octanol–water partition coefficient (Wildman–Crippen LogP) is 2.05. The van der Waals surface area contributed by atoms with Gasteiger partial charge in [0.2, 0.25) is 0 Å². The highest BCUT2D eigenvalue weighted by molar-refractivity contribution is 5.92. The van der Waals surface area contributed by atoms with E-state index in [0.717, 1.165) is 30.8 Å². The van der Waals surface area contributed by atoms with Gasteiger partial charge in [-0.3, -0.25) is 19.7 Å². The molecular formula is C19H21N5O2. The molecule has 3 aromatic rings. The summed E-state index contributed by atoms with van der Waals surface area (Å²) < 4.78 is 1.50. The number of likely N-dealkylation sites (tertiary alicyclic amines) is 1. The maximum Gasteiger partial charge on any atom is 0.275 e. The van der Waals surface area contributed by atoms with Gasteiger partial charge in [-0.25, -0.2) is 9.50 Å². The number of aromatic nitrogens is 4. The normalized spacial score (nSPS) is 17.6. The average Bonchev–Trinajstić information content (AvgIpc) is 3.10. The Morgan fingerprint density at radius 3 is 2.92 bits per heavy atom. The van der Waals surface area contributed by atoms with Crippen molar-refractivity contribution in [3.05, 3.63) is 63.5 Å². The van der Waals surface area contributed by atoms with Gasteiger partial charge in [-0.1, -0.05) is 6.07 Å². The Bertz CT molecular complexity index is 1020. The van der Waals surface area contributed by atoms with E-state index < -0.39 is 0 Å². The van der Waals surface area contributed by atoms with E-state index in [4.69, 9.17) is 0 Å². The van der Waals surface area contributed by atoms with Crippen molar-refractivity contribution in [2.24, 2.45) is 0 Å². The molecule has 0 spiro atoms. The van der Waals surface area contributed by atoms with E-state index in [9.17, 15) is 9.59 Å². The van der Waals surface area contributed by atoms with Crippen molar-refractivity contribution < 1.29 is 4.79 Å². The zero-order valence-electron chi connectivity index (χ0n) is 14.9. The molecule has 1 saturated heterocycles. The number of carbonyl (C=O) groups is 1. The summed E-state index contributed by atoms with van der Waals surface area (Å²) in [5, 5.41) is 3.19. The highest BCUT2D eigenvalue weighted by Crippen LogP contribution is 2.27. The monoisotopic (exact) mass is 351 g/mol. The van der Waals surface area contributed by atoms with Gasteiger partial charge < -0.3 is 4.90 Å². The Kier molecular flexibility index (Phi) is 4.06. The number of rotatable bonds is 2. The van der Waals surface area contributed by atoms with Gasteiger partial charge in [0.25, 0.3) is 11.5 Å². The van der Waals surface area contributed by atoms with Crippen molar-refractivity contribution in [2.75, 3.05) is 13.1 Å². The molecule has 0 radical (unpaired) electrons. The summed E-state index contributed by atoms with van der Waals surface area (Å²) in [6.45, 7) is 4.96. The van der Waals surface area contributed by atoms with Crippen LogP contribution in [0.2, 0.25) is 0 Å². The van der Waals surface area contributed by atoms with Crippen LogP contribution in [0.25, 0.3) is 5.65 Å². The third-order valence-electron chi connectivity index (χ3n) is 5.14. The molecule has 7 heteroatoms. The van der Waals surface area contributed by atoms with E-state index in [0.29, 0.717) is 23.4 Å². The van der Waals surface area contributed by atoms with Gasteiger partial charge in [-0.05, 0) is 38.8 Å². The van der Waals surface area contributed by atoms with Gasteiger partial charge in [0, 0.05) is 48.2 Å². The van der Waals surface area contributed by atoms with Crippen LogP contribution in [-0.4, -0.2) is 43.5 Å². The Balaban J connectivity index is 1.62. The molecule has 1 fully saturated rings. The van der Waals surface area contributed by atoms with E-state index in [1.165, 1.54) is 4.52 Å². The zero-order chi connectivity index (χ0) is 18.3. The first kappa shape index (κ1) is 16.5. The number of aryl methyl sites for hydroxylation is 1. The molecule has 1 amide bonds. The topological polar surface area (TPSA) is 83.4 Å². The maximum absolute atomic E-state index is 12.7. The second kappa shape index (κ2) is 6.40. The number of amides is 1. The number of carbonyl (C=O) groups excluding carboxylic acids is 1. The van der Waals surface area contributed by atoms with E-state index in [-0.39, 0.29) is 17.4 Å². The van der Waals surface area contributed by atoms with Gasteiger partial charge in [0.05, 0.1) is 0 Å². The zero-order valence-corrected chi connectivity index (χ0v) is 14.9. The van der Waals surface area contributed by atoms with Crippen molar-refractivity contribution in [3.8, 4) is 0 Å². The Morgan fingerprint density at radius 2 is 2.15 bits per heavy atom. The number of nitrogens with one attached hydrogen (secondary N) is 1. The van der Waals surface area contributed by atoms with Crippen molar-refractivity contribution >= 4 is 11.6 Å². The number of pyridine rings is 1. The number of fused-ring (bicyclic) bond motifs is 1. The number of aromatic amines is 1. The lowest BCUT2D eigenvalue weighted by atomic mass is 9.94. The first-order valence-corrected chi connectivity index (χ1v) is 8.84. The maximum atomic E-state index is 12.7. The molecule has 1 aliphatic rings. The molecule has 0 saturated carbocycles. The molecule has 7 nitrogen and oxygen atoms in total. The van der Waals surface area contributed by atoms with Gasteiger partial charge in [0.15, 0.2) is 5.65 Å². The largest absolute Gasteiger partial charge is 0.337 e. The van der Waals surface area contributed by atoms with Crippen molar-refractivity contribution in [1.29, 1.82) is 0 Å². The SMILES string of the molecule is Cc1nc2cc([C@H]3CCCN(C(=O)c4ccccn4)C3)[nH]n2c(=O)c1C. The summed E-state index contributed by atoms with van der Waals surface area (Å²) in [6, 6.07) is 7.29. The van der Waals surface area contributed by atoms with E-state index in [2.05, 4.69) is 15.1 Å². The summed E-state index contributed by atoms with van der Waals surface area (Å²) in [5.74, 6) is 0.103. The lowest BCUT2D eigenvalue weighted by Gasteiger charge is -2.32. The second-order valence-corrected chi connectivity index (χ2v) is 6.84. The summed E-state index contributed by atoms with van der Waals surface area (Å²) in [4.78, 5) is 35.6. The Labute approximate surface area is 150 Å². The lowest BCUT2D eigenvalue weighted by molar-refractivity contribution is 0.0700. The minimum Gasteiger partial charge on any atom is -0.337 e. The summed E-state index contributed by atoms with van der Waals surface area (Å²) in [5.41, 5.74) is 3.35. The fourth-order valence-corrected chi connectivity index (χ4v) is 3.51. The quantitative estimate of drug-likeness (QED) is 0.766. The molecule has 4 heterocycles. The van der Waals surface area contributed by atoms with Crippen LogP contribution in [0.5, 0.6) is 0 Å². The number of H-pyrrole nitrogens is 1. The molecule has 134 valence electrons. The Hall–Kier alpha value is -2.96. The molecule has 3 aromatic heterocycles. The minimum atomic E-state index is -0.0732. The molecule has 26 heavy (non-hydrogen) atoms. The van der Waals surface area contributed by atoms with Crippen LogP contribution in [0.3, 0.4) is 0 Å². The molecule has 1 aliphatic heterocycles. The molecule has 0 aromatic carbocycles. The van der Waals surface area contributed by atoms with Crippen LogP contribution in [0.1, 0.15) is 46.2 Å². The van der Waals surface area contributed by atoms with Crippen molar-refractivity contribution in [3.63, 3.8) is 0 Å². The van der Waals surface area contributed by atoms with Gasteiger partial charge in [-0.2, -0.15) is 0 Å². The van der Waals surface area contributed by atoms with Crippen LogP contribution in [-0.2, 0) is 0 Å². The smallest absolute Gasteiger partial charge is 0.275 e. The number of hydrogen-bond donors (Lipinski definition) is 1. The fraction of sp³-hybridized carbons (Fsp3) is 0.368. The number of hydrogen-bond acceptors (Lipinski definition) is 4. The van der Waals surface area contributed by atoms with Crippen LogP contribution >= 0.6 is 0 Å². The fourth-order valence-electron chi connectivity index (χ4n) is 3.51. The second-order valence-electron chi connectivity index (χ2n) is 6.84. The lowest BCUT2D eigenvalue weighted by Crippen LogP contribution is -2.39. The van der Waals surface area contributed by atoms with Crippen LogP contribution in [0, 0.1) is 13.8 Å². The van der Waals surface area contributed by atoms with E-state index in [1.807, 2.05) is 24.0 Å². The summed E-state index contributed by atoms with van der Waals surface area (Å²) in [6.07, 6.45) is 3.51. The molecule has 1 N–H and O–H groups in total. The molecule has 1 atom stereocenters. The average molecular weight is 351 g/mol. The van der Waals surface area contributed by atoms with Crippen molar-refractivity contribution in [1.82, 2.24) is 24.5 Å². The first-order chi connectivity index (χ1) is 12.5. The third kappa shape index (κ3) is 2.79. The third-order valence-corrected chi connectivity index (χ3v) is 5.14. The van der Waals surface area contributed by atoms with Crippen LogP contribution in [0.15, 0.2) is 35.3 Å². The molecule has 4 rings (SSSR count). The first-order valence-electron chi connectivity index (χ1n) is 8.84. The van der Waals surface area contributed by atoms with Crippen LogP contribution in [0.4, 0.5) is 0 Å². The minimum absolute atomic E-state index is 0.0478. The molecule has 0 unspecified atom stereocenters. The van der Waals surface area contributed by atoms with Crippen molar-refractivity contribution in [2.45, 2.75) is 32.6 Å². The molecule has 0 bridgehead atoms. The Morgan fingerprint density at radius 1 is 1.31 bits per heavy atom. The molecular weight excluding hydrogens is 330 g/mol.